The molecule has 1 aromatic carbocycles. The molecule has 0 atom stereocenters. The zero-order valence-electron chi connectivity index (χ0n) is 16.3. The number of hydrogen-bond donors (Lipinski definition) is 1. The molecular formula is C22H27N3O2S. The average Bonchev–Trinajstić information content (AvgIpc) is 3.12. The number of anilines is 1. The van der Waals surface area contributed by atoms with Crippen LogP contribution in [0.25, 0.3) is 0 Å². The number of amides is 2. The summed E-state index contributed by atoms with van der Waals surface area (Å²) in [6, 6.07) is 10.2. The van der Waals surface area contributed by atoms with Gasteiger partial charge in [0.1, 0.15) is 0 Å². The van der Waals surface area contributed by atoms with Crippen LogP contribution in [0.15, 0.2) is 48.4 Å². The fourth-order valence-electron chi connectivity index (χ4n) is 3.34. The average molecular weight is 398 g/mol. The van der Waals surface area contributed by atoms with Crippen molar-refractivity contribution in [1.29, 1.82) is 0 Å². The van der Waals surface area contributed by atoms with E-state index in [-0.39, 0.29) is 11.8 Å². The van der Waals surface area contributed by atoms with Gasteiger partial charge < -0.3 is 10.2 Å². The third-order valence-corrected chi connectivity index (χ3v) is 5.97. The number of carbonyl (C=O) groups excluding carboxylic acids is 2. The van der Waals surface area contributed by atoms with E-state index in [0.717, 1.165) is 50.4 Å². The Morgan fingerprint density at radius 1 is 1.21 bits per heavy atom. The summed E-state index contributed by atoms with van der Waals surface area (Å²) in [5.41, 5.74) is 3.25. The zero-order chi connectivity index (χ0) is 19.9. The summed E-state index contributed by atoms with van der Waals surface area (Å²) in [5, 5.41) is 5.12. The molecule has 0 spiro atoms. The number of thiophene rings is 1. The molecule has 148 valence electrons. The molecule has 0 radical (unpaired) electrons. The number of nitrogens with zero attached hydrogens (tertiary/aromatic N) is 2. The molecule has 0 aliphatic carbocycles. The van der Waals surface area contributed by atoms with Crippen molar-refractivity contribution < 1.29 is 9.59 Å². The van der Waals surface area contributed by atoms with Gasteiger partial charge in [0.2, 0.25) is 11.8 Å². The van der Waals surface area contributed by atoms with Gasteiger partial charge in [-0.05, 0) is 54.1 Å². The first kappa shape index (κ1) is 20.3. The highest BCUT2D eigenvalue weighted by Crippen LogP contribution is 2.17. The van der Waals surface area contributed by atoms with E-state index in [1.165, 1.54) is 16.5 Å². The number of nitrogens with one attached hydrogen (secondary N) is 1. The predicted octanol–water partition coefficient (Wildman–Crippen LogP) is 3.46. The van der Waals surface area contributed by atoms with Crippen LogP contribution in [0.5, 0.6) is 0 Å². The van der Waals surface area contributed by atoms with E-state index >= 15 is 0 Å². The largest absolute Gasteiger partial charge is 0.337 e. The van der Waals surface area contributed by atoms with Crippen LogP contribution in [0.1, 0.15) is 22.4 Å². The minimum atomic E-state index is 0.00192. The van der Waals surface area contributed by atoms with E-state index in [0.29, 0.717) is 6.42 Å². The van der Waals surface area contributed by atoms with Gasteiger partial charge >= 0.3 is 0 Å². The molecule has 1 saturated heterocycles. The molecule has 0 bridgehead atoms. The summed E-state index contributed by atoms with van der Waals surface area (Å²) in [4.78, 5) is 29.3. The van der Waals surface area contributed by atoms with Crippen molar-refractivity contribution in [3.05, 3.63) is 64.4 Å². The third-order valence-electron chi connectivity index (χ3n) is 4.86. The maximum atomic E-state index is 12.3. The second-order valence-corrected chi connectivity index (χ2v) is 8.14. The summed E-state index contributed by atoms with van der Waals surface area (Å²) < 4.78 is 0. The Morgan fingerprint density at radius 3 is 2.68 bits per heavy atom. The van der Waals surface area contributed by atoms with E-state index in [2.05, 4.69) is 41.2 Å². The molecule has 1 aromatic heterocycles. The van der Waals surface area contributed by atoms with Gasteiger partial charge in [-0.3, -0.25) is 14.5 Å². The molecule has 5 nitrogen and oxygen atoms in total. The minimum absolute atomic E-state index is 0.00192. The lowest BCUT2D eigenvalue weighted by Gasteiger charge is -2.34. The lowest BCUT2D eigenvalue weighted by Crippen LogP contribution is -2.47. The van der Waals surface area contributed by atoms with E-state index in [4.69, 9.17) is 0 Å². The Kier molecular flexibility index (Phi) is 7.01. The summed E-state index contributed by atoms with van der Waals surface area (Å²) in [5.74, 6) is 0.0434. The molecule has 1 aliphatic heterocycles. The molecule has 2 aromatic rings. The van der Waals surface area contributed by atoms with Gasteiger partial charge in [0, 0.05) is 49.7 Å². The Balaban J connectivity index is 1.48. The van der Waals surface area contributed by atoms with Crippen LogP contribution in [0, 0.1) is 6.92 Å². The van der Waals surface area contributed by atoms with E-state index < -0.39 is 0 Å². The minimum Gasteiger partial charge on any atom is -0.337 e. The van der Waals surface area contributed by atoms with Crippen LogP contribution >= 0.6 is 11.3 Å². The molecule has 6 heteroatoms. The van der Waals surface area contributed by atoms with E-state index in [1.54, 1.807) is 11.3 Å². The van der Waals surface area contributed by atoms with Crippen molar-refractivity contribution in [3.8, 4) is 0 Å². The Hall–Kier alpha value is -2.44. The normalized spacial score (nSPS) is 14.7. The standard InChI is InChI=1S/C22H27N3O2S/c1-3-22(27)25-11-9-24(10-12-25)15-18-5-4-6-19(14-18)23-21(26)8-7-20-13-17(2)16-28-20/h3-6,13-14,16H,1,7-12,15H2,2H3,(H,23,26). The first-order chi connectivity index (χ1) is 13.5. The highest BCUT2D eigenvalue weighted by atomic mass is 32.1. The molecule has 0 saturated carbocycles. The van der Waals surface area contributed by atoms with Crippen LogP contribution in [0.2, 0.25) is 0 Å². The highest BCUT2D eigenvalue weighted by Gasteiger charge is 2.19. The van der Waals surface area contributed by atoms with E-state index in [9.17, 15) is 9.59 Å². The highest BCUT2D eigenvalue weighted by molar-refractivity contribution is 7.10. The molecule has 3 rings (SSSR count). The monoisotopic (exact) mass is 397 g/mol. The maximum Gasteiger partial charge on any atom is 0.246 e. The molecule has 28 heavy (non-hydrogen) atoms. The predicted molar refractivity (Wildman–Crippen MR) is 115 cm³/mol. The number of hydrogen-bond acceptors (Lipinski definition) is 4. The number of piperazine rings is 1. The number of aryl methyl sites for hydroxylation is 2. The second kappa shape index (κ2) is 9.66. The zero-order valence-corrected chi connectivity index (χ0v) is 17.1. The lowest BCUT2D eigenvalue weighted by atomic mass is 10.1. The van der Waals surface area contributed by atoms with Crippen LogP contribution in [-0.2, 0) is 22.6 Å². The molecule has 0 unspecified atom stereocenters. The smallest absolute Gasteiger partial charge is 0.246 e. The van der Waals surface area contributed by atoms with Gasteiger partial charge in [-0.1, -0.05) is 18.7 Å². The first-order valence-electron chi connectivity index (χ1n) is 9.60. The molecule has 1 N–H and O–H groups in total. The molecule has 2 amide bonds. The molecule has 1 aliphatic rings. The maximum absolute atomic E-state index is 12.3. The SMILES string of the molecule is C=CC(=O)N1CCN(Cc2cccc(NC(=O)CCc3cc(C)cs3)c2)CC1. The fourth-order valence-corrected chi connectivity index (χ4v) is 4.22. The quantitative estimate of drug-likeness (QED) is 0.728. The second-order valence-electron chi connectivity index (χ2n) is 7.14. The van der Waals surface area contributed by atoms with Crippen molar-refractivity contribution in [3.63, 3.8) is 0 Å². The van der Waals surface area contributed by atoms with E-state index in [1.807, 2.05) is 23.1 Å². The molecule has 1 fully saturated rings. The summed E-state index contributed by atoms with van der Waals surface area (Å²) >= 11 is 1.71. The molecular weight excluding hydrogens is 370 g/mol. The Bertz CT molecular complexity index is 838. The van der Waals surface area contributed by atoms with Gasteiger partial charge in [0.15, 0.2) is 0 Å². The van der Waals surface area contributed by atoms with Crippen molar-refractivity contribution in [1.82, 2.24) is 9.80 Å². The van der Waals surface area contributed by atoms with Crippen LogP contribution in [0.3, 0.4) is 0 Å². The number of rotatable bonds is 7. The number of benzene rings is 1. The van der Waals surface area contributed by atoms with Crippen molar-refractivity contribution in [2.75, 3.05) is 31.5 Å². The lowest BCUT2D eigenvalue weighted by molar-refractivity contribution is -0.127. The molecule has 2 heterocycles. The summed E-state index contributed by atoms with van der Waals surface area (Å²) in [6.45, 7) is 9.57. The summed E-state index contributed by atoms with van der Waals surface area (Å²) in [6.07, 6.45) is 2.64. The first-order valence-corrected chi connectivity index (χ1v) is 10.5. The van der Waals surface area contributed by atoms with Crippen molar-refractivity contribution in [2.24, 2.45) is 0 Å². The van der Waals surface area contributed by atoms with Gasteiger partial charge in [-0.25, -0.2) is 0 Å². The Morgan fingerprint density at radius 2 is 2.00 bits per heavy atom. The number of carbonyl (C=O) groups is 2. The van der Waals surface area contributed by atoms with Crippen LogP contribution < -0.4 is 5.32 Å². The van der Waals surface area contributed by atoms with Gasteiger partial charge in [-0.15, -0.1) is 11.3 Å². The van der Waals surface area contributed by atoms with Crippen LogP contribution in [0.4, 0.5) is 5.69 Å². The summed E-state index contributed by atoms with van der Waals surface area (Å²) in [7, 11) is 0. The third kappa shape index (κ3) is 5.78. The van der Waals surface area contributed by atoms with Gasteiger partial charge in [-0.2, -0.15) is 0 Å². The van der Waals surface area contributed by atoms with Gasteiger partial charge in [0.05, 0.1) is 0 Å². The topological polar surface area (TPSA) is 52.7 Å². The van der Waals surface area contributed by atoms with Crippen molar-refractivity contribution >= 4 is 28.8 Å². The van der Waals surface area contributed by atoms with Gasteiger partial charge in [0.25, 0.3) is 0 Å². The fraction of sp³-hybridized carbons (Fsp3) is 0.364. The van der Waals surface area contributed by atoms with Crippen LogP contribution in [-0.4, -0.2) is 47.8 Å². The van der Waals surface area contributed by atoms with Crippen molar-refractivity contribution in [2.45, 2.75) is 26.3 Å². The Labute approximate surface area is 170 Å².